The van der Waals surface area contributed by atoms with Gasteiger partial charge in [-0.1, -0.05) is 23.2 Å². The van der Waals surface area contributed by atoms with Crippen LogP contribution in [0.4, 0.5) is 0 Å². The van der Waals surface area contributed by atoms with Crippen LogP contribution in [0.15, 0.2) is 11.1 Å². The molecule has 1 saturated heterocycles. The number of halogens is 3. The molecule has 2 rings (SSSR count). The summed E-state index contributed by atoms with van der Waals surface area (Å²) < 4.78 is 1.87. The second-order valence-electron chi connectivity index (χ2n) is 6.21. The van der Waals surface area contributed by atoms with Crippen molar-refractivity contribution < 1.29 is 0 Å². The molecule has 0 spiro atoms. The molecule has 1 aliphatic heterocycles. The number of hydrogen-bond donors (Lipinski definition) is 2. The second-order valence-corrected chi connectivity index (χ2v) is 6.98. The van der Waals surface area contributed by atoms with Crippen molar-refractivity contribution in [1.29, 1.82) is 0 Å². The molecule has 0 aromatic carbocycles. The van der Waals surface area contributed by atoms with Crippen LogP contribution in [0.1, 0.15) is 38.3 Å². The average molecular weight is 502 g/mol. The molecular formula is C17H30Cl2IN5. The van der Waals surface area contributed by atoms with Crippen LogP contribution in [0.2, 0.25) is 10.2 Å². The van der Waals surface area contributed by atoms with Crippen molar-refractivity contribution >= 4 is 53.1 Å². The van der Waals surface area contributed by atoms with Crippen molar-refractivity contribution in [3.63, 3.8) is 0 Å². The third-order valence-corrected chi connectivity index (χ3v) is 5.19. The monoisotopic (exact) mass is 501 g/mol. The first-order valence-corrected chi connectivity index (χ1v) is 9.61. The summed E-state index contributed by atoms with van der Waals surface area (Å²) in [6.07, 6.45) is 5.11. The van der Waals surface area contributed by atoms with Crippen molar-refractivity contribution in [2.45, 2.75) is 39.2 Å². The fraction of sp³-hybridized carbons (Fsp3) is 0.706. The second kappa shape index (κ2) is 12.3. The van der Waals surface area contributed by atoms with Gasteiger partial charge in [0.2, 0.25) is 0 Å². The van der Waals surface area contributed by atoms with Crippen LogP contribution in [-0.4, -0.2) is 48.2 Å². The molecule has 1 aromatic heterocycles. The zero-order chi connectivity index (χ0) is 17.4. The molecule has 5 nitrogen and oxygen atoms in total. The summed E-state index contributed by atoms with van der Waals surface area (Å²) in [5, 5.41) is 7.81. The molecule has 8 heteroatoms. The van der Waals surface area contributed by atoms with Crippen LogP contribution in [-0.2, 0) is 13.6 Å². The maximum atomic E-state index is 6.09. The summed E-state index contributed by atoms with van der Waals surface area (Å²) in [6, 6.07) is 1.87. The Morgan fingerprint density at radius 3 is 2.52 bits per heavy atom. The topological polar surface area (TPSA) is 44.6 Å². The summed E-state index contributed by atoms with van der Waals surface area (Å²) >= 11 is 12.1. The number of likely N-dealkylation sites (tertiary alicyclic amines) is 1. The van der Waals surface area contributed by atoms with Gasteiger partial charge in [-0.15, -0.1) is 24.0 Å². The van der Waals surface area contributed by atoms with Crippen LogP contribution >= 0.6 is 47.2 Å². The van der Waals surface area contributed by atoms with E-state index < -0.39 is 0 Å². The first kappa shape index (κ1) is 22.9. The summed E-state index contributed by atoms with van der Waals surface area (Å²) in [6.45, 7) is 8.17. The Labute approximate surface area is 178 Å². The maximum Gasteiger partial charge on any atom is 0.191 e. The van der Waals surface area contributed by atoms with E-state index >= 15 is 0 Å². The highest BCUT2D eigenvalue weighted by molar-refractivity contribution is 14.0. The predicted octanol–water partition coefficient (Wildman–Crippen LogP) is 3.88. The lowest BCUT2D eigenvalue weighted by molar-refractivity contribution is 0.330. The molecular weight excluding hydrogens is 472 g/mol. The van der Waals surface area contributed by atoms with Gasteiger partial charge in [-0.3, -0.25) is 0 Å². The Morgan fingerprint density at radius 2 is 1.92 bits per heavy atom. The van der Waals surface area contributed by atoms with E-state index in [1.54, 1.807) is 0 Å². The Balaban J connectivity index is 0.00000312. The minimum Gasteiger partial charge on any atom is -0.357 e. The summed E-state index contributed by atoms with van der Waals surface area (Å²) in [4.78, 5) is 7.18. The first-order chi connectivity index (χ1) is 11.6. The van der Waals surface area contributed by atoms with Crippen molar-refractivity contribution in [3.8, 4) is 0 Å². The van der Waals surface area contributed by atoms with Crippen LogP contribution in [0.25, 0.3) is 0 Å². The zero-order valence-corrected chi connectivity index (χ0v) is 19.0. The molecule has 1 aliphatic rings. The number of nitrogens with one attached hydrogen (secondary N) is 2. The van der Waals surface area contributed by atoms with Gasteiger partial charge in [-0.2, -0.15) is 0 Å². The Hall–Kier alpha value is -0.180. The number of guanidine groups is 1. The van der Waals surface area contributed by atoms with Gasteiger partial charge >= 0.3 is 0 Å². The lowest BCUT2D eigenvalue weighted by Gasteiger charge is -2.15. The molecule has 0 unspecified atom stereocenters. The number of unbranched alkanes of at least 4 members (excludes halogenated alkanes) is 1. The Kier molecular flexibility index (Phi) is 11.2. The van der Waals surface area contributed by atoms with Crippen molar-refractivity contribution in [3.05, 3.63) is 21.9 Å². The fourth-order valence-corrected chi connectivity index (χ4v) is 3.33. The van der Waals surface area contributed by atoms with Gasteiger partial charge in [-0.25, -0.2) is 4.99 Å². The molecule has 0 atom stereocenters. The first-order valence-electron chi connectivity index (χ1n) is 8.86. The number of nitrogens with zero attached hydrogens (tertiary/aromatic N) is 3. The van der Waals surface area contributed by atoms with E-state index in [4.69, 9.17) is 23.2 Å². The van der Waals surface area contributed by atoms with Gasteiger partial charge in [-0.05, 0) is 58.3 Å². The van der Waals surface area contributed by atoms with Crippen LogP contribution < -0.4 is 10.6 Å². The van der Waals surface area contributed by atoms with Crippen LogP contribution in [0.5, 0.6) is 0 Å². The summed E-state index contributed by atoms with van der Waals surface area (Å²) in [5.41, 5.74) is 0.997. The van der Waals surface area contributed by atoms with Crippen molar-refractivity contribution in [2.24, 2.45) is 12.0 Å². The van der Waals surface area contributed by atoms with Gasteiger partial charge in [0.1, 0.15) is 5.15 Å². The molecule has 2 heterocycles. The van der Waals surface area contributed by atoms with Crippen LogP contribution in [0, 0.1) is 0 Å². The fourth-order valence-electron chi connectivity index (χ4n) is 2.92. The molecule has 1 fully saturated rings. The molecule has 2 N–H and O–H groups in total. The number of rotatable bonds is 8. The van der Waals surface area contributed by atoms with Crippen LogP contribution in [0.3, 0.4) is 0 Å². The highest BCUT2D eigenvalue weighted by Crippen LogP contribution is 2.25. The molecule has 0 aliphatic carbocycles. The van der Waals surface area contributed by atoms with Crippen molar-refractivity contribution in [1.82, 2.24) is 20.1 Å². The molecule has 25 heavy (non-hydrogen) atoms. The van der Waals surface area contributed by atoms with E-state index in [2.05, 4.69) is 27.4 Å². The minimum atomic E-state index is 0. The van der Waals surface area contributed by atoms with E-state index in [0.29, 0.717) is 16.7 Å². The van der Waals surface area contributed by atoms with Gasteiger partial charge in [0, 0.05) is 25.8 Å². The molecule has 144 valence electrons. The SMILES string of the molecule is CCNC(=NCc1cc(Cl)c(Cl)n1C)NCCCCN1CCCC1.I. The minimum absolute atomic E-state index is 0. The normalized spacial score (nSPS) is 15.3. The molecule has 0 radical (unpaired) electrons. The average Bonchev–Trinajstić information content (AvgIpc) is 3.17. The zero-order valence-electron chi connectivity index (χ0n) is 15.2. The van der Waals surface area contributed by atoms with E-state index in [0.717, 1.165) is 31.2 Å². The van der Waals surface area contributed by atoms with Gasteiger partial charge in [0.05, 0.1) is 11.6 Å². The predicted molar refractivity (Wildman–Crippen MR) is 119 cm³/mol. The number of aromatic nitrogens is 1. The summed E-state index contributed by atoms with van der Waals surface area (Å²) in [7, 11) is 1.90. The lowest BCUT2D eigenvalue weighted by atomic mass is 10.3. The number of hydrogen-bond acceptors (Lipinski definition) is 2. The standard InChI is InChI=1S/C17H29Cl2N5.HI/c1-3-20-17(21-8-4-5-9-24-10-6-7-11-24)22-13-14-12-15(18)16(19)23(14)2;/h12H,3-11,13H2,1-2H3,(H2,20,21,22);1H. The van der Waals surface area contributed by atoms with Crippen molar-refractivity contribution in [2.75, 3.05) is 32.7 Å². The smallest absolute Gasteiger partial charge is 0.191 e. The third-order valence-electron chi connectivity index (χ3n) is 4.35. The van der Waals surface area contributed by atoms with E-state index in [-0.39, 0.29) is 24.0 Å². The molecule has 0 saturated carbocycles. The molecule has 0 amide bonds. The number of aliphatic imine (C=N–C) groups is 1. The molecule has 1 aromatic rings. The largest absolute Gasteiger partial charge is 0.357 e. The highest BCUT2D eigenvalue weighted by Gasteiger charge is 2.10. The quantitative estimate of drug-likeness (QED) is 0.246. The lowest BCUT2D eigenvalue weighted by Crippen LogP contribution is -2.38. The van der Waals surface area contributed by atoms with Gasteiger partial charge < -0.3 is 20.1 Å². The summed E-state index contributed by atoms with van der Waals surface area (Å²) in [5.74, 6) is 0.840. The van der Waals surface area contributed by atoms with E-state index in [1.165, 1.54) is 38.9 Å². The van der Waals surface area contributed by atoms with Gasteiger partial charge in [0.15, 0.2) is 5.96 Å². The van der Waals surface area contributed by atoms with E-state index in [9.17, 15) is 0 Å². The van der Waals surface area contributed by atoms with E-state index in [1.807, 2.05) is 17.7 Å². The highest BCUT2D eigenvalue weighted by atomic mass is 127. The maximum absolute atomic E-state index is 6.09. The van der Waals surface area contributed by atoms with Gasteiger partial charge in [0.25, 0.3) is 0 Å². The molecule has 0 bridgehead atoms. The Morgan fingerprint density at radius 1 is 1.20 bits per heavy atom. The Bertz CT molecular complexity index is 541. The third kappa shape index (κ3) is 7.53.